The van der Waals surface area contributed by atoms with Gasteiger partial charge >= 0.3 is 12.1 Å². The van der Waals surface area contributed by atoms with Gasteiger partial charge in [0.25, 0.3) is 0 Å². The van der Waals surface area contributed by atoms with Crippen molar-refractivity contribution >= 4 is 12.1 Å². The van der Waals surface area contributed by atoms with Crippen LogP contribution in [0.15, 0.2) is 0 Å². The van der Waals surface area contributed by atoms with Crippen molar-refractivity contribution in [2.24, 2.45) is 11.8 Å². The maximum atomic E-state index is 12.3. The molecule has 5 heteroatoms. The molecular formula is C16H29NO4. The monoisotopic (exact) mass is 299 g/mol. The zero-order valence-corrected chi connectivity index (χ0v) is 13.9. The summed E-state index contributed by atoms with van der Waals surface area (Å²) in [4.78, 5) is 25.3. The Bertz CT molecular complexity index is 373. The van der Waals surface area contributed by atoms with Gasteiger partial charge in [-0.1, -0.05) is 20.3 Å². The highest BCUT2D eigenvalue weighted by Crippen LogP contribution is 2.30. The van der Waals surface area contributed by atoms with Crippen LogP contribution in [0.2, 0.25) is 0 Å². The van der Waals surface area contributed by atoms with E-state index in [1.807, 2.05) is 0 Å². The second kappa shape index (κ2) is 7.14. The Kier molecular flexibility index (Phi) is 6.05. The van der Waals surface area contributed by atoms with Crippen molar-refractivity contribution in [2.75, 3.05) is 6.54 Å². The number of carbonyl (C=O) groups is 2. The molecule has 0 saturated carbocycles. The van der Waals surface area contributed by atoms with Crippen LogP contribution in [0, 0.1) is 11.8 Å². The van der Waals surface area contributed by atoms with Gasteiger partial charge in [-0.3, -0.25) is 4.90 Å². The molecule has 1 heterocycles. The second-order valence-electron chi connectivity index (χ2n) is 7.33. The fourth-order valence-corrected chi connectivity index (χ4v) is 2.79. The molecule has 1 N–H and O–H groups in total. The number of carbonyl (C=O) groups excluding carboxylic acids is 1. The lowest BCUT2D eigenvalue weighted by molar-refractivity contribution is -0.147. The maximum absolute atomic E-state index is 12.3. The van der Waals surface area contributed by atoms with E-state index in [2.05, 4.69) is 13.8 Å². The van der Waals surface area contributed by atoms with Crippen molar-refractivity contribution in [1.29, 1.82) is 0 Å². The third-order valence-electron chi connectivity index (χ3n) is 3.75. The molecule has 0 bridgehead atoms. The number of hydrogen-bond acceptors (Lipinski definition) is 3. The molecule has 1 aliphatic rings. The van der Waals surface area contributed by atoms with E-state index in [4.69, 9.17) is 4.74 Å². The molecule has 5 nitrogen and oxygen atoms in total. The molecule has 0 aliphatic carbocycles. The van der Waals surface area contributed by atoms with Crippen molar-refractivity contribution in [3.05, 3.63) is 0 Å². The van der Waals surface area contributed by atoms with Crippen molar-refractivity contribution in [1.82, 2.24) is 4.90 Å². The van der Waals surface area contributed by atoms with Crippen LogP contribution in [0.1, 0.15) is 60.3 Å². The van der Waals surface area contributed by atoms with Crippen LogP contribution < -0.4 is 0 Å². The van der Waals surface area contributed by atoms with Gasteiger partial charge in [0.2, 0.25) is 0 Å². The predicted molar refractivity (Wildman–Crippen MR) is 81.2 cm³/mol. The number of rotatable bonds is 4. The number of carboxylic acid groups (broad SMARTS) is 1. The lowest BCUT2D eigenvalue weighted by atomic mass is 9.84. The number of amides is 1. The van der Waals surface area contributed by atoms with Crippen LogP contribution >= 0.6 is 0 Å². The molecule has 0 aromatic heterocycles. The number of ether oxygens (including phenoxy) is 1. The third kappa shape index (κ3) is 5.56. The molecule has 0 unspecified atom stereocenters. The minimum absolute atomic E-state index is 0.0196. The molecule has 1 rings (SSSR count). The molecule has 21 heavy (non-hydrogen) atoms. The van der Waals surface area contributed by atoms with Crippen LogP contribution in [-0.4, -0.2) is 40.3 Å². The van der Waals surface area contributed by atoms with Crippen LogP contribution in [-0.2, 0) is 9.53 Å². The second-order valence-corrected chi connectivity index (χ2v) is 7.33. The Hall–Kier alpha value is -1.26. The normalized spacial score (nSPS) is 23.2. The van der Waals surface area contributed by atoms with E-state index in [1.165, 1.54) is 4.90 Å². The smallest absolute Gasteiger partial charge is 0.411 e. The van der Waals surface area contributed by atoms with Crippen molar-refractivity contribution in [3.8, 4) is 0 Å². The lowest BCUT2D eigenvalue weighted by Gasteiger charge is -2.39. The summed E-state index contributed by atoms with van der Waals surface area (Å²) in [5.74, 6) is -0.364. The Morgan fingerprint density at radius 1 is 1.33 bits per heavy atom. The fourth-order valence-electron chi connectivity index (χ4n) is 2.79. The lowest BCUT2D eigenvalue weighted by Crippen LogP contribution is -2.53. The highest BCUT2D eigenvalue weighted by atomic mass is 16.6. The van der Waals surface area contributed by atoms with E-state index < -0.39 is 23.7 Å². The number of nitrogens with zero attached hydrogens (tertiary/aromatic N) is 1. The summed E-state index contributed by atoms with van der Waals surface area (Å²) in [6, 6.07) is -0.757. The molecule has 122 valence electrons. The molecule has 0 spiro atoms. The van der Waals surface area contributed by atoms with Gasteiger partial charge in [0.15, 0.2) is 0 Å². The first-order valence-electron chi connectivity index (χ1n) is 7.84. The molecule has 1 aliphatic heterocycles. The molecule has 1 saturated heterocycles. The summed E-state index contributed by atoms with van der Waals surface area (Å²) in [5.41, 5.74) is -0.606. The first-order chi connectivity index (χ1) is 9.61. The molecule has 0 aromatic carbocycles. The third-order valence-corrected chi connectivity index (χ3v) is 3.75. The summed E-state index contributed by atoms with van der Waals surface area (Å²) < 4.78 is 5.36. The van der Waals surface area contributed by atoms with E-state index in [1.54, 1.807) is 20.8 Å². The van der Waals surface area contributed by atoms with Crippen LogP contribution in [0.3, 0.4) is 0 Å². The van der Waals surface area contributed by atoms with Crippen molar-refractivity contribution in [2.45, 2.75) is 71.9 Å². The Balaban J connectivity index is 2.81. The van der Waals surface area contributed by atoms with Gasteiger partial charge in [-0.15, -0.1) is 0 Å². The predicted octanol–water partition coefficient (Wildman–Crippen LogP) is 3.52. The largest absolute Gasteiger partial charge is 0.480 e. The average Bonchev–Trinajstić information content (AvgIpc) is 2.33. The molecular weight excluding hydrogens is 270 g/mol. The van der Waals surface area contributed by atoms with Gasteiger partial charge < -0.3 is 9.84 Å². The van der Waals surface area contributed by atoms with Gasteiger partial charge in [0, 0.05) is 6.54 Å². The minimum Gasteiger partial charge on any atom is -0.480 e. The Morgan fingerprint density at radius 3 is 2.43 bits per heavy atom. The summed E-state index contributed by atoms with van der Waals surface area (Å²) in [6.45, 7) is 10.1. The zero-order chi connectivity index (χ0) is 16.2. The molecule has 0 radical (unpaired) electrons. The van der Waals surface area contributed by atoms with Crippen LogP contribution in [0.5, 0.6) is 0 Å². The summed E-state index contributed by atoms with van der Waals surface area (Å²) in [7, 11) is 0. The van der Waals surface area contributed by atoms with E-state index in [9.17, 15) is 14.7 Å². The van der Waals surface area contributed by atoms with Gasteiger partial charge in [-0.25, -0.2) is 9.59 Å². The summed E-state index contributed by atoms with van der Waals surface area (Å²) in [5, 5.41) is 9.54. The average molecular weight is 299 g/mol. The van der Waals surface area contributed by atoms with E-state index in [0.29, 0.717) is 12.5 Å². The molecule has 1 fully saturated rings. The number of aliphatic carboxylic acids is 1. The van der Waals surface area contributed by atoms with Gasteiger partial charge in [0.1, 0.15) is 11.6 Å². The summed E-state index contributed by atoms with van der Waals surface area (Å²) >= 11 is 0. The minimum atomic E-state index is -0.922. The van der Waals surface area contributed by atoms with Gasteiger partial charge in [-0.2, -0.15) is 0 Å². The Labute approximate surface area is 127 Å². The van der Waals surface area contributed by atoms with E-state index in [0.717, 1.165) is 25.7 Å². The van der Waals surface area contributed by atoms with E-state index in [-0.39, 0.29) is 5.92 Å². The fraction of sp³-hybridized carbons (Fsp3) is 0.875. The molecule has 1 amide bonds. The summed E-state index contributed by atoms with van der Waals surface area (Å²) in [6.07, 6.45) is 3.02. The van der Waals surface area contributed by atoms with Gasteiger partial charge in [0.05, 0.1) is 0 Å². The standard InChI is InChI=1S/C16H29NO4/c1-11(2)8-9-12-7-6-10-17(13(12)14(18)19)15(20)21-16(3,4)5/h11-13H,6-10H2,1-5H3,(H,18,19)/t12-,13-/m0/s1. The highest BCUT2D eigenvalue weighted by molar-refractivity contribution is 5.80. The highest BCUT2D eigenvalue weighted by Gasteiger charge is 2.40. The molecule has 0 aromatic rings. The zero-order valence-electron chi connectivity index (χ0n) is 13.9. The van der Waals surface area contributed by atoms with Crippen molar-refractivity contribution < 1.29 is 19.4 Å². The number of carboxylic acids is 1. The van der Waals surface area contributed by atoms with E-state index >= 15 is 0 Å². The van der Waals surface area contributed by atoms with Crippen molar-refractivity contribution in [3.63, 3.8) is 0 Å². The first-order valence-corrected chi connectivity index (χ1v) is 7.84. The van der Waals surface area contributed by atoms with Gasteiger partial charge in [-0.05, 0) is 51.9 Å². The van der Waals surface area contributed by atoms with Crippen LogP contribution in [0.4, 0.5) is 4.79 Å². The van der Waals surface area contributed by atoms with Crippen LogP contribution in [0.25, 0.3) is 0 Å². The number of hydrogen-bond donors (Lipinski definition) is 1. The topological polar surface area (TPSA) is 66.8 Å². The quantitative estimate of drug-likeness (QED) is 0.862. The SMILES string of the molecule is CC(C)CC[C@@H]1CCCN(C(=O)OC(C)(C)C)[C@@H]1C(=O)O. The number of likely N-dealkylation sites (tertiary alicyclic amines) is 1. The maximum Gasteiger partial charge on any atom is 0.411 e. The first kappa shape index (κ1) is 17.8. The Morgan fingerprint density at radius 2 is 1.95 bits per heavy atom. The molecule has 2 atom stereocenters. The number of piperidine rings is 1.